The van der Waals surface area contributed by atoms with Gasteiger partial charge in [0.15, 0.2) is 0 Å². The number of likely N-dealkylation sites (tertiary alicyclic amines) is 2. The molecular formula is C16H33N3. The van der Waals surface area contributed by atoms with Crippen LogP contribution in [0.3, 0.4) is 0 Å². The Kier molecular flexibility index (Phi) is 5.67. The molecule has 2 heterocycles. The highest BCUT2D eigenvalue weighted by molar-refractivity contribution is 4.97. The summed E-state index contributed by atoms with van der Waals surface area (Å²) in [4.78, 5) is 5.31. The first-order chi connectivity index (χ1) is 9.22. The molecule has 2 saturated heterocycles. The summed E-state index contributed by atoms with van der Waals surface area (Å²) in [5.41, 5.74) is 6.58. The van der Waals surface area contributed by atoms with Crippen LogP contribution < -0.4 is 5.73 Å². The minimum atomic E-state index is 0.287. The summed E-state index contributed by atoms with van der Waals surface area (Å²) in [6, 6.07) is 0.773. The predicted octanol–water partition coefficient (Wildman–Crippen LogP) is 2.45. The molecule has 0 amide bonds. The van der Waals surface area contributed by atoms with Gasteiger partial charge in [0, 0.05) is 18.1 Å². The zero-order chi connectivity index (χ0) is 13.7. The maximum Gasteiger partial charge on any atom is 0.0347 e. The van der Waals surface area contributed by atoms with E-state index in [9.17, 15) is 0 Å². The molecule has 0 aliphatic carbocycles. The quantitative estimate of drug-likeness (QED) is 0.852. The zero-order valence-electron chi connectivity index (χ0n) is 13.0. The molecule has 2 N–H and O–H groups in total. The van der Waals surface area contributed by atoms with Crippen LogP contribution in [0.4, 0.5) is 0 Å². The highest BCUT2D eigenvalue weighted by atomic mass is 15.2. The lowest BCUT2D eigenvalue weighted by molar-refractivity contribution is 0.0358. The number of nitrogens with two attached hydrogens (primary N) is 1. The standard InChI is InChI=1S/C16H33N3/c1-3-15-8-5-4-6-12-19(15)16(14-17)9-7-11-18(2)13-10-16/h15H,3-14,17H2,1-2H3. The Balaban J connectivity index is 2.16. The van der Waals surface area contributed by atoms with E-state index in [1.807, 2.05) is 0 Å². The van der Waals surface area contributed by atoms with Crippen molar-refractivity contribution in [3.8, 4) is 0 Å². The number of hydrogen-bond acceptors (Lipinski definition) is 3. The summed E-state index contributed by atoms with van der Waals surface area (Å²) in [6.45, 7) is 6.93. The van der Waals surface area contributed by atoms with Crippen molar-refractivity contribution >= 4 is 0 Å². The summed E-state index contributed by atoms with van der Waals surface area (Å²) in [7, 11) is 2.26. The Labute approximate surface area is 119 Å². The van der Waals surface area contributed by atoms with E-state index >= 15 is 0 Å². The number of hydrogen-bond donors (Lipinski definition) is 1. The number of nitrogens with zero attached hydrogens (tertiary/aromatic N) is 2. The lowest BCUT2D eigenvalue weighted by Gasteiger charge is -2.47. The minimum absolute atomic E-state index is 0.287. The smallest absolute Gasteiger partial charge is 0.0347 e. The van der Waals surface area contributed by atoms with Gasteiger partial charge < -0.3 is 10.6 Å². The van der Waals surface area contributed by atoms with E-state index in [0.29, 0.717) is 0 Å². The first kappa shape index (κ1) is 15.3. The molecule has 0 spiro atoms. The van der Waals surface area contributed by atoms with Crippen LogP contribution in [0.25, 0.3) is 0 Å². The van der Waals surface area contributed by atoms with Crippen LogP contribution in [-0.2, 0) is 0 Å². The molecule has 0 aromatic heterocycles. The van der Waals surface area contributed by atoms with Crippen molar-refractivity contribution in [2.75, 3.05) is 33.2 Å². The van der Waals surface area contributed by atoms with E-state index in [1.165, 1.54) is 71.0 Å². The van der Waals surface area contributed by atoms with Crippen LogP contribution in [0.15, 0.2) is 0 Å². The third kappa shape index (κ3) is 3.50. The Morgan fingerprint density at radius 2 is 1.89 bits per heavy atom. The van der Waals surface area contributed by atoms with Crippen LogP contribution in [0.5, 0.6) is 0 Å². The first-order valence-electron chi connectivity index (χ1n) is 8.37. The van der Waals surface area contributed by atoms with Gasteiger partial charge >= 0.3 is 0 Å². The Morgan fingerprint density at radius 1 is 1.05 bits per heavy atom. The lowest BCUT2D eigenvalue weighted by atomic mass is 9.86. The van der Waals surface area contributed by atoms with E-state index in [1.54, 1.807) is 0 Å². The van der Waals surface area contributed by atoms with Crippen molar-refractivity contribution in [2.45, 2.75) is 69.9 Å². The van der Waals surface area contributed by atoms with Crippen molar-refractivity contribution < 1.29 is 0 Å². The van der Waals surface area contributed by atoms with E-state index < -0.39 is 0 Å². The molecule has 2 fully saturated rings. The first-order valence-corrected chi connectivity index (χ1v) is 8.37. The molecule has 0 aromatic rings. The van der Waals surface area contributed by atoms with Crippen molar-refractivity contribution in [1.82, 2.24) is 9.80 Å². The molecule has 2 rings (SSSR count). The maximum atomic E-state index is 6.29. The van der Waals surface area contributed by atoms with Gasteiger partial charge in [0.25, 0.3) is 0 Å². The maximum absolute atomic E-state index is 6.29. The molecule has 0 aromatic carbocycles. The van der Waals surface area contributed by atoms with Gasteiger partial charge in [0.2, 0.25) is 0 Å². The summed E-state index contributed by atoms with van der Waals surface area (Å²) in [5.74, 6) is 0. The predicted molar refractivity (Wildman–Crippen MR) is 82.4 cm³/mol. The molecule has 112 valence electrons. The van der Waals surface area contributed by atoms with Crippen LogP contribution in [0.2, 0.25) is 0 Å². The highest BCUT2D eigenvalue weighted by Gasteiger charge is 2.39. The van der Waals surface area contributed by atoms with Crippen LogP contribution in [0.1, 0.15) is 58.3 Å². The number of rotatable bonds is 3. The molecule has 2 unspecified atom stereocenters. The van der Waals surface area contributed by atoms with Crippen molar-refractivity contribution in [1.29, 1.82) is 0 Å². The largest absolute Gasteiger partial charge is 0.329 e. The molecule has 2 atom stereocenters. The zero-order valence-corrected chi connectivity index (χ0v) is 13.0. The molecule has 3 nitrogen and oxygen atoms in total. The van der Waals surface area contributed by atoms with Crippen molar-refractivity contribution in [3.63, 3.8) is 0 Å². The Hall–Kier alpha value is -0.120. The van der Waals surface area contributed by atoms with E-state index in [2.05, 4.69) is 23.8 Å². The lowest BCUT2D eigenvalue weighted by Crippen LogP contribution is -2.58. The van der Waals surface area contributed by atoms with Gasteiger partial charge in [0.1, 0.15) is 0 Å². The van der Waals surface area contributed by atoms with Crippen LogP contribution in [0, 0.1) is 0 Å². The van der Waals surface area contributed by atoms with Crippen LogP contribution in [-0.4, -0.2) is 54.6 Å². The average molecular weight is 267 g/mol. The third-order valence-corrected chi connectivity index (χ3v) is 5.48. The van der Waals surface area contributed by atoms with Gasteiger partial charge in [-0.05, 0) is 65.2 Å². The minimum Gasteiger partial charge on any atom is -0.329 e. The van der Waals surface area contributed by atoms with Gasteiger partial charge in [-0.3, -0.25) is 4.90 Å². The summed E-state index contributed by atoms with van der Waals surface area (Å²) in [6.07, 6.45) is 10.7. The average Bonchev–Trinajstić information content (AvgIpc) is 2.77. The monoisotopic (exact) mass is 267 g/mol. The Morgan fingerprint density at radius 3 is 2.63 bits per heavy atom. The van der Waals surface area contributed by atoms with Gasteiger partial charge in [-0.15, -0.1) is 0 Å². The SMILES string of the molecule is CCC1CCCCCN1C1(CN)CCCN(C)CC1. The molecule has 0 bridgehead atoms. The van der Waals surface area contributed by atoms with Crippen molar-refractivity contribution in [3.05, 3.63) is 0 Å². The Bertz CT molecular complexity index is 269. The second-order valence-corrected chi connectivity index (χ2v) is 6.69. The van der Waals surface area contributed by atoms with Gasteiger partial charge in [-0.25, -0.2) is 0 Å². The third-order valence-electron chi connectivity index (χ3n) is 5.48. The fraction of sp³-hybridized carbons (Fsp3) is 1.00. The van der Waals surface area contributed by atoms with Gasteiger partial charge in [-0.1, -0.05) is 19.8 Å². The molecule has 0 radical (unpaired) electrons. The molecule has 2 aliphatic heterocycles. The normalized spacial score (nSPS) is 35.8. The topological polar surface area (TPSA) is 32.5 Å². The molecule has 0 saturated carbocycles. The fourth-order valence-electron chi connectivity index (χ4n) is 4.15. The summed E-state index contributed by atoms with van der Waals surface area (Å²) in [5, 5.41) is 0. The van der Waals surface area contributed by atoms with E-state index in [-0.39, 0.29) is 5.54 Å². The van der Waals surface area contributed by atoms with Crippen molar-refractivity contribution in [2.24, 2.45) is 5.73 Å². The van der Waals surface area contributed by atoms with E-state index in [0.717, 1.165) is 12.6 Å². The molecular weight excluding hydrogens is 234 g/mol. The second kappa shape index (κ2) is 7.05. The van der Waals surface area contributed by atoms with Gasteiger partial charge in [0.05, 0.1) is 0 Å². The van der Waals surface area contributed by atoms with Gasteiger partial charge in [-0.2, -0.15) is 0 Å². The molecule has 19 heavy (non-hydrogen) atoms. The van der Waals surface area contributed by atoms with Crippen LogP contribution >= 0.6 is 0 Å². The highest BCUT2D eigenvalue weighted by Crippen LogP contribution is 2.34. The molecule has 3 heteroatoms. The summed E-state index contributed by atoms with van der Waals surface area (Å²) < 4.78 is 0. The fourth-order valence-corrected chi connectivity index (χ4v) is 4.15. The second-order valence-electron chi connectivity index (χ2n) is 6.69. The summed E-state index contributed by atoms with van der Waals surface area (Å²) >= 11 is 0. The molecule has 2 aliphatic rings. The van der Waals surface area contributed by atoms with E-state index in [4.69, 9.17) is 5.73 Å².